The Balaban J connectivity index is 2.72. The molecule has 1 N–H and O–H groups in total. The van der Waals surface area contributed by atoms with Gasteiger partial charge in [-0.05, 0) is 47.7 Å². The molecule has 0 saturated heterocycles. The van der Waals surface area contributed by atoms with Gasteiger partial charge in [0, 0.05) is 5.69 Å². The third-order valence-electron chi connectivity index (χ3n) is 2.54. The summed E-state index contributed by atoms with van der Waals surface area (Å²) >= 11 is 3.29. The molecule has 1 aliphatic rings. The molecule has 0 amide bonds. The van der Waals surface area contributed by atoms with Crippen LogP contribution in [0.5, 0.6) is 0 Å². The van der Waals surface area contributed by atoms with E-state index < -0.39 is 5.97 Å². The van der Waals surface area contributed by atoms with Crippen molar-refractivity contribution >= 4 is 21.9 Å². The highest BCUT2D eigenvalue weighted by Gasteiger charge is 2.24. The summed E-state index contributed by atoms with van der Waals surface area (Å²) in [6, 6.07) is 0. The molecule has 1 aromatic rings. The molecule has 0 aromatic carbocycles. The van der Waals surface area contributed by atoms with Crippen LogP contribution < -0.4 is 0 Å². The first-order valence-corrected chi connectivity index (χ1v) is 5.31. The van der Waals surface area contributed by atoms with Gasteiger partial charge in [-0.2, -0.15) is 0 Å². The second-order valence-corrected chi connectivity index (χ2v) is 4.26. The molecule has 1 aromatic heterocycles. The molecular weight excluding hydrogens is 246 g/mol. The number of hydrogen-bond acceptors (Lipinski definition) is 2. The standard InChI is InChI=1S/C10H10BrNO2/c1-5-9(11)8(10(13)14)6-3-2-4-7(6)12-5/h2-4H2,1H3,(H,13,14). The van der Waals surface area contributed by atoms with Crippen molar-refractivity contribution in [3.05, 3.63) is 27.0 Å². The molecule has 2 rings (SSSR count). The Morgan fingerprint density at radius 3 is 2.86 bits per heavy atom. The van der Waals surface area contributed by atoms with Crippen LogP contribution in [0.1, 0.15) is 33.7 Å². The van der Waals surface area contributed by atoms with Crippen LogP contribution in [0.25, 0.3) is 0 Å². The van der Waals surface area contributed by atoms with Crippen molar-refractivity contribution in [3.8, 4) is 0 Å². The Morgan fingerprint density at radius 1 is 1.50 bits per heavy atom. The number of aryl methyl sites for hydroxylation is 2. The average molecular weight is 256 g/mol. The van der Waals surface area contributed by atoms with Crippen LogP contribution in [-0.2, 0) is 12.8 Å². The number of carboxylic acid groups (broad SMARTS) is 1. The molecule has 0 saturated carbocycles. The number of pyridine rings is 1. The normalized spacial score (nSPS) is 14.1. The highest BCUT2D eigenvalue weighted by atomic mass is 79.9. The molecular formula is C10H10BrNO2. The monoisotopic (exact) mass is 255 g/mol. The number of carboxylic acids is 1. The number of aromatic nitrogens is 1. The Bertz CT molecular complexity index is 415. The maximum absolute atomic E-state index is 11.1. The predicted molar refractivity (Wildman–Crippen MR) is 55.7 cm³/mol. The number of nitrogens with zero attached hydrogens (tertiary/aromatic N) is 1. The minimum absolute atomic E-state index is 0.407. The summed E-state index contributed by atoms with van der Waals surface area (Å²) in [5.41, 5.74) is 3.05. The van der Waals surface area contributed by atoms with Crippen LogP contribution in [0.3, 0.4) is 0 Å². The number of rotatable bonds is 1. The molecule has 3 nitrogen and oxygen atoms in total. The second kappa shape index (κ2) is 3.35. The summed E-state index contributed by atoms with van der Waals surface area (Å²) < 4.78 is 0.630. The first-order valence-electron chi connectivity index (χ1n) is 4.52. The zero-order chi connectivity index (χ0) is 10.3. The van der Waals surface area contributed by atoms with Crippen molar-refractivity contribution in [3.63, 3.8) is 0 Å². The number of carbonyl (C=O) groups is 1. The second-order valence-electron chi connectivity index (χ2n) is 3.47. The van der Waals surface area contributed by atoms with E-state index in [1.807, 2.05) is 6.92 Å². The van der Waals surface area contributed by atoms with Crippen LogP contribution >= 0.6 is 15.9 Å². The van der Waals surface area contributed by atoms with E-state index in [2.05, 4.69) is 20.9 Å². The van der Waals surface area contributed by atoms with Gasteiger partial charge in [0.15, 0.2) is 0 Å². The Morgan fingerprint density at radius 2 is 2.21 bits per heavy atom. The first-order chi connectivity index (χ1) is 6.61. The molecule has 0 atom stereocenters. The van der Waals surface area contributed by atoms with Crippen LogP contribution in [0, 0.1) is 6.92 Å². The van der Waals surface area contributed by atoms with Gasteiger partial charge in [0.25, 0.3) is 0 Å². The van der Waals surface area contributed by atoms with E-state index in [-0.39, 0.29) is 0 Å². The molecule has 0 aliphatic heterocycles. The summed E-state index contributed by atoms with van der Waals surface area (Å²) in [5.74, 6) is -0.861. The summed E-state index contributed by atoms with van der Waals surface area (Å²) in [5, 5.41) is 9.10. The quantitative estimate of drug-likeness (QED) is 0.838. The lowest BCUT2D eigenvalue weighted by Crippen LogP contribution is -2.07. The lowest BCUT2D eigenvalue weighted by molar-refractivity contribution is 0.0694. The summed E-state index contributed by atoms with van der Waals surface area (Å²) in [7, 11) is 0. The van der Waals surface area contributed by atoms with Gasteiger partial charge in [-0.25, -0.2) is 4.79 Å². The molecule has 74 valence electrons. The summed E-state index contributed by atoms with van der Waals surface area (Å²) in [6.07, 6.45) is 2.76. The molecule has 0 unspecified atom stereocenters. The maximum Gasteiger partial charge on any atom is 0.337 e. The van der Waals surface area contributed by atoms with E-state index >= 15 is 0 Å². The van der Waals surface area contributed by atoms with Gasteiger partial charge in [-0.3, -0.25) is 4.98 Å². The Labute approximate surface area is 90.3 Å². The van der Waals surface area contributed by atoms with Gasteiger partial charge in [0.2, 0.25) is 0 Å². The van der Waals surface area contributed by atoms with Crippen molar-refractivity contribution in [2.75, 3.05) is 0 Å². The lowest BCUT2D eigenvalue weighted by atomic mass is 10.1. The summed E-state index contributed by atoms with van der Waals surface area (Å²) in [4.78, 5) is 15.5. The minimum Gasteiger partial charge on any atom is -0.478 e. The predicted octanol–water partition coefficient (Wildman–Crippen LogP) is 2.34. The number of halogens is 1. The zero-order valence-electron chi connectivity index (χ0n) is 7.80. The van der Waals surface area contributed by atoms with E-state index in [4.69, 9.17) is 5.11 Å². The molecule has 0 spiro atoms. The van der Waals surface area contributed by atoms with E-state index in [9.17, 15) is 4.79 Å². The molecule has 1 aliphatic carbocycles. The van der Waals surface area contributed by atoms with Crippen LogP contribution in [-0.4, -0.2) is 16.1 Å². The van der Waals surface area contributed by atoms with Gasteiger partial charge >= 0.3 is 5.97 Å². The minimum atomic E-state index is -0.861. The molecule has 14 heavy (non-hydrogen) atoms. The van der Waals surface area contributed by atoms with Crippen LogP contribution in [0.2, 0.25) is 0 Å². The highest BCUT2D eigenvalue weighted by Crippen LogP contribution is 2.31. The third kappa shape index (κ3) is 1.34. The maximum atomic E-state index is 11.1. The highest BCUT2D eigenvalue weighted by molar-refractivity contribution is 9.10. The topological polar surface area (TPSA) is 50.2 Å². The molecule has 0 fully saturated rings. The van der Waals surface area contributed by atoms with Gasteiger partial charge in [0.05, 0.1) is 15.7 Å². The van der Waals surface area contributed by atoms with Crippen molar-refractivity contribution in [2.45, 2.75) is 26.2 Å². The van der Waals surface area contributed by atoms with Crippen molar-refractivity contribution in [1.82, 2.24) is 4.98 Å². The van der Waals surface area contributed by atoms with Gasteiger partial charge < -0.3 is 5.11 Å². The molecule has 4 heteroatoms. The SMILES string of the molecule is Cc1nc2c(c(C(=O)O)c1Br)CCC2. The Kier molecular flexibility index (Phi) is 2.31. The van der Waals surface area contributed by atoms with Crippen molar-refractivity contribution in [2.24, 2.45) is 0 Å². The van der Waals surface area contributed by atoms with E-state index in [0.717, 1.165) is 36.2 Å². The Hall–Kier alpha value is -0.900. The number of aromatic carboxylic acids is 1. The molecule has 1 heterocycles. The largest absolute Gasteiger partial charge is 0.478 e. The van der Waals surface area contributed by atoms with Gasteiger partial charge in [-0.15, -0.1) is 0 Å². The number of hydrogen-bond donors (Lipinski definition) is 1. The average Bonchev–Trinajstić information content (AvgIpc) is 2.52. The van der Waals surface area contributed by atoms with Crippen molar-refractivity contribution in [1.29, 1.82) is 0 Å². The fraction of sp³-hybridized carbons (Fsp3) is 0.400. The van der Waals surface area contributed by atoms with Crippen LogP contribution in [0.4, 0.5) is 0 Å². The molecule has 0 radical (unpaired) electrons. The van der Waals surface area contributed by atoms with E-state index in [1.54, 1.807) is 0 Å². The van der Waals surface area contributed by atoms with Crippen molar-refractivity contribution < 1.29 is 9.90 Å². The van der Waals surface area contributed by atoms with Gasteiger partial charge in [0.1, 0.15) is 0 Å². The lowest BCUT2D eigenvalue weighted by Gasteiger charge is -2.08. The van der Waals surface area contributed by atoms with Gasteiger partial charge in [-0.1, -0.05) is 0 Å². The smallest absolute Gasteiger partial charge is 0.337 e. The summed E-state index contributed by atoms with van der Waals surface area (Å²) in [6.45, 7) is 1.83. The molecule has 0 bridgehead atoms. The number of fused-ring (bicyclic) bond motifs is 1. The fourth-order valence-corrected chi connectivity index (χ4v) is 2.41. The first kappa shape index (κ1) is 9.65. The van der Waals surface area contributed by atoms with E-state index in [0.29, 0.717) is 10.0 Å². The van der Waals surface area contributed by atoms with Crippen LogP contribution in [0.15, 0.2) is 4.47 Å². The van der Waals surface area contributed by atoms with E-state index in [1.165, 1.54) is 0 Å². The fourth-order valence-electron chi connectivity index (χ4n) is 1.91. The zero-order valence-corrected chi connectivity index (χ0v) is 9.39. The third-order valence-corrected chi connectivity index (χ3v) is 3.51.